The van der Waals surface area contributed by atoms with E-state index in [1.165, 1.54) is 0 Å². The van der Waals surface area contributed by atoms with E-state index in [0.29, 0.717) is 12.5 Å². The number of halogens is 2. The highest BCUT2D eigenvalue weighted by atomic mass is 79.9. The number of nitrogens with zero attached hydrogens (tertiary/aromatic N) is 1. The predicted octanol–water partition coefficient (Wildman–Crippen LogP) is 5.26. The van der Waals surface area contributed by atoms with Gasteiger partial charge in [-0.2, -0.15) is 0 Å². The number of rotatable bonds is 4. The molecule has 0 saturated heterocycles. The van der Waals surface area contributed by atoms with Gasteiger partial charge in [0.15, 0.2) is 5.70 Å². The average Bonchev–Trinajstić information content (AvgIpc) is 2.92. The highest BCUT2D eigenvalue weighted by Crippen LogP contribution is 2.35. The minimum atomic E-state index is -0.459. The molecule has 0 aromatic heterocycles. The Balaban J connectivity index is 1.96. The van der Waals surface area contributed by atoms with Gasteiger partial charge in [-0.25, -0.2) is 9.79 Å². The van der Waals surface area contributed by atoms with Crippen LogP contribution in [-0.4, -0.2) is 18.5 Å². The van der Waals surface area contributed by atoms with Crippen molar-refractivity contribution in [2.24, 2.45) is 4.99 Å². The number of hydrogen-bond acceptors (Lipinski definition) is 4. The number of carbonyl (C=O) groups is 1. The summed E-state index contributed by atoms with van der Waals surface area (Å²) >= 11 is 6.97. The molecule has 2 aromatic carbocycles. The number of cyclic esters (lactones) is 1. The molecule has 0 saturated carbocycles. The van der Waals surface area contributed by atoms with Crippen LogP contribution in [0.1, 0.15) is 23.6 Å². The molecule has 4 nitrogen and oxygen atoms in total. The molecule has 2 aromatic rings. The minimum Gasteiger partial charge on any atom is -0.492 e. The summed E-state index contributed by atoms with van der Waals surface area (Å²) < 4.78 is 12.5. The van der Waals surface area contributed by atoms with Crippen molar-refractivity contribution in [3.05, 3.63) is 67.7 Å². The number of hydrogen-bond donors (Lipinski definition) is 0. The molecule has 1 heterocycles. The van der Waals surface area contributed by atoms with Crippen LogP contribution in [0.15, 0.2) is 56.0 Å². The number of aliphatic imine (C=N–C) groups is 1. The molecule has 0 atom stereocenters. The number of aryl methyl sites for hydroxylation is 1. The van der Waals surface area contributed by atoms with Crippen molar-refractivity contribution < 1.29 is 14.3 Å². The highest BCUT2D eigenvalue weighted by Gasteiger charge is 2.25. The molecule has 3 rings (SSSR count). The summed E-state index contributed by atoms with van der Waals surface area (Å²) in [5.74, 6) is 0.598. The van der Waals surface area contributed by atoms with Gasteiger partial charge in [-0.1, -0.05) is 18.2 Å². The van der Waals surface area contributed by atoms with E-state index in [9.17, 15) is 4.79 Å². The predicted molar refractivity (Wildman–Crippen MR) is 105 cm³/mol. The molecule has 1 aliphatic heterocycles. The van der Waals surface area contributed by atoms with Crippen LogP contribution < -0.4 is 4.74 Å². The summed E-state index contributed by atoms with van der Waals surface area (Å²) in [6, 6.07) is 11.4. The van der Waals surface area contributed by atoms with Crippen molar-refractivity contribution in [1.29, 1.82) is 0 Å². The van der Waals surface area contributed by atoms with Crippen LogP contribution in [0.3, 0.4) is 0 Å². The fourth-order valence-corrected chi connectivity index (χ4v) is 3.89. The molecule has 0 bridgehead atoms. The van der Waals surface area contributed by atoms with Crippen LogP contribution >= 0.6 is 31.9 Å². The van der Waals surface area contributed by atoms with Crippen molar-refractivity contribution in [3.8, 4) is 5.75 Å². The van der Waals surface area contributed by atoms with E-state index in [0.717, 1.165) is 31.4 Å². The first-order valence-electron chi connectivity index (χ1n) is 7.70. The van der Waals surface area contributed by atoms with Crippen molar-refractivity contribution in [3.63, 3.8) is 0 Å². The Kier molecular flexibility index (Phi) is 5.39. The first-order valence-corrected chi connectivity index (χ1v) is 9.28. The second kappa shape index (κ2) is 7.54. The lowest BCUT2D eigenvalue weighted by Gasteiger charge is -2.09. The van der Waals surface area contributed by atoms with Gasteiger partial charge < -0.3 is 9.47 Å². The summed E-state index contributed by atoms with van der Waals surface area (Å²) in [5, 5.41) is 0. The maximum atomic E-state index is 12.2. The van der Waals surface area contributed by atoms with Gasteiger partial charge in [-0.15, -0.1) is 0 Å². The first kappa shape index (κ1) is 17.9. The average molecular weight is 465 g/mol. The quantitative estimate of drug-likeness (QED) is 0.457. The standard InChI is InChI=1S/C19H15Br2NO3/c1-3-24-17-14(20)8-12(9-15(17)21)10-16-19(23)25-18(22-16)13-7-5-4-6-11(13)2/h4-10H,3H2,1-2H3/b16-10-. The Morgan fingerprint density at radius 1 is 1.20 bits per heavy atom. The van der Waals surface area contributed by atoms with Gasteiger partial charge in [0.1, 0.15) is 5.75 Å². The lowest BCUT2D eigenvalue weighted by atomic mass is 10.1. The van der Waals surface area contributed by atoms with E-state index in [1.54, 1.807) is 6.08 Å². The van der Waals surface area contributed by atoms with Crippen molar-refractivity contribution in [1.82, 2.24) is 0 Å². The molecule has 0 radical (unpaired) electrons. The lowest BCUT2D eigenvalue weighted by Crippen LogP contribution is -2.06. The monoisotopic (exact) mass is 463 g/mol. The summed E-state index contributed by atoms with van der Waals surface area (Å²) in [5.41, 5.74) is 2.89. The van der Waals surface area contributed by atoms with Crippen molar-refractivity contribution >= 4 is 49.8 Å². The van der Waals surface area contributed by atoms with Crippen LogP contribution in [0.2, 0.25) is 0 Å². The molecule has 6 heteroatoms. The third kappa shape index (κ3) is 3.85. The summed E-state index contributed by atoms with van der Waals surface area (Å²) in [6.45, 7) is 4.44. The van der Waals surface area contributed by atoms with Crippen LogP contribution in [0.5, 0.6) is 5.75 Å². The largest absolute Gasteiger partial charge is 0.492 e. The Morgan fingerprint density at radius 3 is 2.52 bits per heavy atom. The SMILES string of the molecule is CCOc1c(Br)cc(/C=C2\N=C(c3ccccc3C)OC2=O)cc1Br. The van der Waals surface area contributed by atoms with Gasteiger partial charge in [0.2, 0.25) is 5.90 Å². The zero-order valence-electron chi connectivity index (χ0n) is 13.7. The Bertz CT molecular complexity index is 880. The van der Waals surface area contributed by atoms with E-state index in [1.807, 2.05) is 50.2 Å². The molecule has 0 aliphatic carbocycles. The molecular formula is C19H15Br2NO3. The topological polar surface area (TPSA) is 47.9 Å². The smallest absolute Gasteiger partial charge is 0.363 e. The minimum absolute atomic E-state index is 0.265. The molecule has 128 valence electrons. The molecule has 1 aliphatic rings. The van der Waals surface area contributed by atoms with Gasteiger partial charge in [-0.3, -0.25) is 0 Å². The highest BCUT2D eigenvalue weighted by molar-refractivity contribution is 9.11. The van der Waals surface area contributed by atoms with Crippen LogP contribution in [0.25, 0.3) is 6.08 Å². The number of benzene rings is 2. The van der Waals surface area contributed by atoms with Crippen LogP contribution in [0, 0.1) is 6.92 Å². The van der Waals surface area contributed by atoms with E-state index in [2.05, 4.69) is 36.9 Å². The molecule has 0 spiro atoms. The zero-order chi connectivity index (χ0) is 18.0. The molecule has 25 heavy (non-hydrogen) atoms. The molecule has 0 unspecified atom stereocenters. The van der Waals surface area contributed by atoms with E-state index in [4.69, 9.17) is 9.47 Å². The maximum absolute atomic E-state index is 12.2. The second-order valence-electron chi connectivity index (χ2n) is 5.40. The first-order chi connectivity index (χ1) is 12.0. The van der Waals surface area contributed by atoms with Crippen LogP contribution in [-0.2, 0) is 9.53 Å². The van der Waals surface area contributed by atoms with Crippen molar-refractivity contribution in [2.75, 3.05) is 6.61 Å². The zero-order valence-corrected chi connectivity index (χ0v) is 16.8. The third-order valence-corrected chi connectivity index (χ3v) is 4.79. The number of esters is 1. The van der Waals surface area contributed by atoms with Crippen LogP contribution in [0.4, 0.5) is 0 Å². The molecule has 0 N–H and O–H groups in total. The van der Waals surface area contributed by atoms with Gasteiger partial charge in [0.25, 0.3) is 0 Å². The summed E-state index contributed by atoms with van der Waals surface area (Å²) in [4.78, 5) is 16.5. The number of carbonyl (C=O) groups excluding carboxylic acids is 1. The van der Waals surface area contributed by atoms with Gasteiger partial charge in [-0.05, 0) is 81.1 Å². The van der Waals surface area contributed by atoms with Gasteiger partial charge >= 0.3 is 5.97 Å². The second-order valence-corrected chi connectivity index (χ2v) is 7.11. The third-order valence-electron chi connectivity index (χ3n) is 3.61. The van der Waals surface area contributed by atoms with E-state index < -0.39 is 5.97 Å². The molecular weight excluding hydrogens is 450 g/mol. The summed E-state index contributed by atoms with van der Waals surface area (Å²) in [6.07, 6.45) is 1.69. The molecule has 0 fully saturated rings. The maximum Gasteiger partial charge on any atom is 0.363 e. The van der Waals surface area contributed by atoms with E-state index >= 15 is 0 Å². The van der Waals surface area contributed by atoms with Gasteiger partial charge in [0, 0.05) is 5.56 Å². The van der Waals surface area contributed by atoms with Crippen molar-refractivity contribution in [2.45, 2.75) is 13.8 Å². The Morgan fingerprint density at radius 2 is 1.88 bits per heavy atom. The fourth-order valence-electron chi connectivity index (χ4n) is 2.44. The Labute approximate surface area is 162 Å². The Hall–Kier alpha value is -1.92. The normalized spacial score (nSPS) is 15.3. The number of ether oxygens (including phenoxy) is 2. The lowest BCUT2D eigenvalue weighted by molar-refractivity contribution is -0.129. The van der Waals surface area contributed by atoms with Gasteiger partial charge in [0.05, 0.1) is 15.6 Å². The fraction of sp³-hybridized carbons (Fsp3) is 0.158. The van der Waals surface area contributed by atoms with E-state index in [-0.39, 0.29) is 5.70 Å². The summed E-state index contributed by atoms with van der Waals surface area (Å²) in [7, 11) is 0. The molecule has 0 amide bonds.